The van der Waals surface area contributed by atoms with Crippen LogP contribution in [0.1, 0.15) is 130 Å². The fourth-order valence-electron chi connectivity index (χ4n) is 6.27. The third-order valence-electron chi connectivity index (χ3n) is 9.05. The van der Waals surface area contributed by atoms with Gasteiger partial charge in [-0.1, -0.05) is 77.6 Å². The van der Waals surface area contributed by atoms with E-state index >= 15 is 0 Å². The molecule has 0 amide bonds. The van der Waals surface area contributed by atoms with E-state index in [1.54, 1.807) is 11.8 Å². The van der Waals surface area contributed by atoms with Gasteiger partial charge in [0, 0.05) is 22.9 Å². The molecule has 1 saturated heterocycles. The van der Waals surface area contributed by atoms with Crippen LogP contribution in [-0.4, -0.2) is 61.5 Å². The lowest BCUT2D eigenvalue weighted by Gasteiger charge is -2.53. The summed E-state index contributed by atoms with van der Waals surface area (Å²) in [5, 5.41) is 14.9. The molecule has 1 aliphatic heterocycles. The number of phenolic OH excluding ortho intramolecular Hbond substituents is 1. The molecule has 0 saturated carbocycles. The zero-order chi connectivity index (χ0) is 31.8. The number of anilines is 1. The normalized spacial score (nSPS) is 17.3. The van der Waals surface area contributed by atoms with E-state index in [1.165, 1.54) is 44.1 Å². The quantitative estimate of drug-likeness (QED) is 0.152. The Morgan fingerprint density at radius 1 is 0.977 bits per heavy atom. The highest BCUT2D eigenvalue weighted by molar-refractivity contribution is 7.99. The summed E-state index contributed by atoms with van der Waals surface area (Å²) < 4.78 is 6.16. The molecular formula is C35H59N5O2S. The number of nitrogens with one attached hydrogen (secondary N) is 1. The summed E-state index contributed by atoms with van der Waals surface area (Å²) in [7, 11) is 2.23. The zero-order valence-corrected chi connectivity index (χ0v) is 29.6. The van der Waals surface area contributed by atoms with Crippen LogP contribution < -0.4 is 10.1 Å². The van der Waals surface area contributed by atoms with Crippen molar-refractivity contribution < 1.29 is 9.84 Å². The third-order valence-corrected chi connectivity index (χ3v) is 9.98. The Morgan fingerprint density at radius 2 is 1.63 bits per heavy atom. The maximum atomic E-state index is 10.5. The molecule has 0 aliphatic carbocycles. The molecule has 3 rings (SSSR count). The zero-order valence-electron chi connectivity index (χ0n) is 28.8. The number of piperidine rings is 1. The summed E-state index contributed by atoms with van der Waals surface area (Å²) in [5.74, 6) is 1.98. The van der Waals surface area contributed by atoms with E-state index in [-0.39, 0.29) is 22.5 Å². The van der Waals surface area contributed by atoms with Crippen molar-refractivity contribution in [1.82, 2.24) is 19.9 Å². The third kappa shape index (κ3) is 10.5. The molecule has 2 aromatic rings. The number of aryl methyl sites for hydroxylation is 2. The minimum absolute atomic E-state index is 0.0698. The summed E-state index contributed by atoms with van der Waals surface area (Å²) in [4.78, 5) is 16.7. The molecule has 1 aromatic carbocycles. The lowest BCUT2D eigenvalue weighted by molar-refractivity contribution is -0.00780. The molecule has 7 nitrogen and oxygen atoms in total. The Bertz CT molecular complexity index is 1160. The summed E-state index contributed by atoms with van der Waals surface area (Å²) in [6.07, 6.45) is 11.4. The predicted molar refractivity (Wildman–Crippen MR) is 182 cm³/mol. The van der Waals surface area contributed by atoms with Gasteiger partial charge in [0.25, 0.3) is 0 Å². The van der Waals surface area contributed by atoms with Gasteiger partial charge in [0.05, 0.1) is 6.61 Å². The van der Waals surface area contributed by atoms with Crippen molar-refractivity contribution in [2.24, 2.45) is 0 Å². The van der Waals surface area contributed by atoms with Crippen molar-refractivity contribution in [3.8, 4) is 11.8 Å². The topological polar surface area (TPSA) is 83.4 Å². The van der Waals surface area contributed by atoms with Gasteiger partial charge in [-0.3, -0.25) is 4.90 Å². The second kappa shape index (κ2) is 15.3. The Balaban J connectivity index is 1.68. The first-order chi connectivity index (χ1) is 20.1. The van der Waals surface area contributed by atoms with Crippen molar-refractivity contribution in [3.63, 3.8) is 0 Å². The van der Waals surface area contributed by atoms with Crippen LogP contribution >= 0.6 is 11.8 Å². The number of hydrogen-bond donors (Lipinski definition) is 2. The van der Waals surface area contributed by atoms with Gasteiger partial charge in [0.1, 0.15) is 5.75 Å². The lowest BCUT2D eigenvalue weighted by Crippen LogP contribution is -2.61. The number of nitrogens with zero attached hydrogens (tertiary/aromatic N) is 4. The van der Waals surface area contributed by atoms with E-state index in [1.807, 2.05) is 6.07 Å². The molecule has 0 unspecified atom stereocenters. The number of hydrogen-bond acceptors (Lipinski definition) is 8. The first kappa shape index (κ1) is 35.4. The van der Waals surface area contributed by atoms with E-state index < -0.39 is 0 Å². The molecule has 2 heterocycles. The molecule has 0 radical (unpaired) electrons. The van der Waals surface area contributed by atoms with Crippen LogP contribution in [0.25, 0.3) is 0 Å². The van der Waals surface area contributed by atoms with Crippen LogP contribution in [0, 0.1) is 6.92 Å². The van der Waals surface area contributed by atoms with Crippen LogP contribution in [-0.2, 0) is 11.8 Å². The summed E-state index contributed by atoms with van der Waals surface area (Å²) in [5.41, 5.74) is 3.36. The average Bonchev–Trinajstić information content (AvgIpc) is 2.89. The maximum absolute atomic E-state index is 10.5. The van der Waals surface area contributed by atoms with Gasteiger partial charge in [-0.2, -0.15) is 15.0 Å². The average molecular weight is 614 g/mol. The van der Waals surface area contributed by atoms with E-state index in [2.05, 4.69) is 85.6 Å². The van der Waals surface area contributed by atoms with Crippen molar-refractivity contribution in [3.05, 3.63) is 28.8 Å². The minimum Gasteiger partial charge on any atom is -0.508 e. The number of ether oxygens (including phenoxy) is 1. The van der Waals surface area contributed by atoms with Gasteiger partial charge in [-0.25, -0.2) is 0 Å². The second-order valence-corrected chi connectivity index (χ2v) is 15.8. The van der Waals surface area contributed by atoms with Crippen LogP contribution in [0.4, 0.5) is 5.95 Å². The molecule has 0 bridgehead atoms. The Morgan fingerprint density at radius 3 is 2.28 bits per heavy atom. The van der Waals surface area contributed by atoms with Crippen molar-refractivity contribution in [2.75, 3.05) is 24.7 Å². The van der Waals surface area contributed by atoms with Crippen molar-refractivity contribution in [1.29, 1.82) is 0 Å². The second-order valence-electron chi connectivity index (χ2n) is 14.8. The molecule has 1 fully saturated rings. The van der Waals surface area contributed by atoms with Crippen molar-refractivity contribution >= 4 is 17.7 Å². The van der Waals surface area contributed by atoms with E-state index in [9.17, 15) is 5.11 Å². The van der Waals surface area contributed by atoms with Crippen molar-refractivity contribution in [2.45, 2.75) is 154 Å². The van der Waals surface area contributed by atoms with Gasteiger partial charge < -0.3 is 15.2 Å². The van der Waals surface area contributed by atoms with Gasteiger partial charge in [-0.05, 0) is 102 Å². The standard InChI is InChI=1S/C35H59N5O2S/c1-11-12-13-14-15-16-20-43-32-38-30(36-27-23-34(6,7)40(10)35(8,9)24-27)37-31(39-32)42-19-17-18-26-22-28(33(3,4)5)29(41)21-25(26)2/h21-22,27,41H,11-20,23-24H2,1-10H3,(H,36,37,38,39). The largest absolute Gasteiger partial charge is 0.508 e. The highest BCUT2D eigenvalue weighted by atomic mass is 32.2. The molecule has 2 N–H and O–H groups in total. The molecule has 1 aliphatic rings. The number of benzene rings is 1. The predicted octanol–water partition coefficient (Wildman–Crippen LogP) is 8.71. The van der Waals surface area contributed by atoms with Crippen LogP contribution in [0.5, 0.6) is 11.8 Å². The fraction of sp³-hybridized carbons (Fsp3) is 0.743. The maximum Gasteiger partial charge on any atom is 0.322 e. The van der Waals surface area contributed by atoms with Gasteiger partial charge in [0.15, 0.2) is 5.16 Å². The van der Waals surface area contributed by atoms with Gasteiger partial charge in [-0.15, -0.1) is 0 Å². The number of aromatic hydroxyl groups is 1. The van der Waals surface area contributed by atoms with E-state index in [0.29, 0.717) is 24.3 Å². The molecule has 0 spiro atoms. The Hall–Kier alpha value is -2.06. The molecule has 8 heteroatoms. The Kier molecular flexibility index (Phi) is 12.6. The number of aromatic nitrogens is 3. The molecular weight excluding hydrogens is 554 g/mol. The van der Waals surface area contributed by atoms with Gasteiger partial charge in [0.2, 0.25) is 5.95 Å². The van der Waals surface area contributed by atoms with E-state index in [0.717, 1.165) is 47.7 Å². The van der Waals surface area contributed by atoms with Gasteiger partial charge >= 0.3 is 6.01 Å². The lowest BCUT2D eigenvalue weighted by atomic mass is 9.77. The highest BCUT2D eigenvalue weighted by Gasteiger charge is 2.43. The molecule has 242 valence electrons. The highest BCUT2D eigenvalue weighted by Crippen LogP contribution is 2.38. The molecule has 43 heavy (non-hydrogen) atoms. The monoisotopic (exact) mass is 613 g/mol. The smallest absolute Gasteiger partial charge is 0.322 e. The fourth-order valence-corrected chi connectivity index (χ4v) is 7.09. The van der Waals surface area contributed by atoms with Crippen LogP contribution in [0.2, 0.25) is 0 Å². The number of phenols is 1. The number of likely N-dealkylation sites (tertiary alicyclic amines) is 1. The summed E-state index contributed by atoms with van der Waals surface area (Å²) in [6, 6.07) is 4.70. The number of rotatable bonds is 15. The van der Waals surface area contributed by atoms with Crippen LogP contribution in [0.3, 0.4) is 0 Å². The summed E-state index contributed by atoms with van der Waals surface area (Å²) in [6.45, 7) is 20.5. The number of thioether (sulfide) groups is 1. The summed E-state index contributed by atoms with van der Waals surface area (Å²) >= 11 is 1.70. The SMILES string of the molecule is CCCCCCCCSc1nc(NC2CC(C)(C)N(C)C(C)(C)C2)nc(OCCCc2cc(C(C)(C)C)c(O)cc2C)n1. The minimum atomic E-state index is -0.112. The van der Waals surface area contributed by atoms with E-state index in [4.69, 9.17) is 19.7 Å². The first-order valence-electron chi connectivity index (χ1n) is 16.5. The number of unbranched alkanes of at least 4 members (excludes halogenated alkanes) is 5. The Labute approximate surface area is 266 Å². The van der Waals surface area contributed by atoms with Crippen LogP contribution in [0.15, 0.2) is 17.3 Å². The molecule has 0 atom stereocenters. The molecule has 1 aromatic heterocycles. The first-order valence-corrected chi connectivity index (χ1v) is 17.5.